The first-order valence-electron chi connectivity index (χ1n) is 5.52. The molecule has 0 aliphatic carbocycles. The second kappa shape index (κ2) is 7.30. The van der Waals surface area contributed by atoms with E-state index in [9.17, 15) is 17.6 Å². The molecule has 1 aromatic carbocycles. The maximum absolute atomic E-state index is 13.4. The first-order valence-corrected chi connectivity index (χ1v) is 5.52. The van der Waals surface area contributed by atoms with Crippen LogP contribution in [0.3, 0.4) is 0 Å². The molecule has 0 spiro atoms. The van der Waals surface area contributed by atoms with E-state index in [-0.39, 0.29) is 19.8 Å². The van der Waals surface area contributed by atoms with E-state index in [0.29, 0.717) is 6.61 Å². The van der Waals surface area contributed by atoms with E-state index in [1.807, 2.05) is 0 Å². The molecule has 0 fully saturated rings. The molecule has 108 valence electrons. The fourth-order valence-corrected chi connectivity index (χ4v) is 1.29. The summed E-state index contributed by atoms with van der Waals surface area (Å²) in [5, 5.41) is 0. The third-order valence-electron chi connectivity index (χ3n) is 2.35. The van der Waals surface area contributed by atoms with Crippen molar-refractivity contribution < 1.29 is 31.8 Å². The molecule has 0 saturated heterocycles. The van der Waals surface area contributed by atoms with Crippen molar-refractivity contribution in [1.82, 2.24) is 0 Å². The summed E-state index contributed by atoms with van der Waals surface area (Å²) in [5.74, 6) is -7.10. The van der Waals surface area contributed by atoms with Gasteiger partial charge in [0.05, 0.1) is 19.8 Å². The zero-order valence-corrected chi connectivity index (χ0v) is 10.6. The van der Waals surface area contributed by atoms with Gasteiger partial charge in [-0.15, -0.1) is 0 Å². The molecule has 0 unspecified atom stereocenters. The molecular weight excluding hydrogens is 268 g/mol. The Hall–Kier alpha value is -1.34. The van der Waals surface area contributed by atoms with Gasteiger partial charge in [-0.25, -0.2) is 8.78 Å². The first-order chi connectivity index (χ1) is 9.00. The van der Waals surface area contributed by atoms with E-state index in [1.165, 1.54) is 7.11 Å². The number of halogens is 4. The molecular formula is C12H14F4O3. The molecule has 7 heteroatoms. The summed E-state index contributed by atoms with van der Waals surface area (Å²) < 4.78 is 67.5. The van der Waals surface area contributed by atoms with Gasteiger partial charge in [0, 0.05) is 12.7 Å². The van der Waals surface area contributed by atoms with Gasteiger partial charge < -0.3 is 14.2 Å². The summed E-state index contributed by atoms with van der Waals surface area (Å²) in [4.78, 5) is 0. The molecule has 0 aliphatic rings. The van der Waals surface area contributed by atoms with Gasteiger partial charge in [0.25, 0.3) is 0 Å². The van der Waals surface area contributed by atoms with Crippen molar-refractivity contribution in [3.63, 3.8) is 0 Å². The Morgan fingerprint density at radius 1 is 0.789 bits per heavy atom. The van der Waals surface area contributed by atoms with Crippen LogP contribution in [0.15, 0.2) is 0 Å². The predicted octanol–water partition coefficient (Wildman–Crippen LogP) is 2.59. The van der Waals surface area contributed by atoms with Crippen molar-refractivity contribution in [1.29, 1.82) is 0 Å². The average molecular weight is 282 g/mol. The SMILES string of the molecule is COCCOCCOc1c(F)c(F)c(C)c(F)c1F. The van der Waals surface area contributed by atoms with Gasteiger partial charge in [-0.05, 0) is 6.92 Å². The molecule has 0 saturated carbocycles. The van der Waals surface area contributed by atoms with Crippen molar-refractivity contribution in [3.05, 3.63) is 28.8 Å². The number of ether oxygens (including phenoxy) is 3. The molecule has 0 N–H and O–H groups in total. The van der Waals surface area contributed by atoms with Crippen LogP contribution in [0.5, 0.6) is 5.75 Å². The molecule has 0 atom stereocenters. The standard InChI is InChI=1S/C12H14F4O3/c1-7-8(13)10(15)12(11(16)9(7)14)19-6-5-18-4-3-17-2/h3-6H2,1-2H3. The number of methoxy groups -OCH3 is 1. The Kier molecular flexibility index (Phi) is 6.04. The molecule has 1 aromatic rings. The van der Waals surface area contributed by atoms with Gasteiger partial charge in [0.15, 0.2) is 17.4 Å². The normalized spacial score (nSPS) is 10.8. The molecule has 0 amide bonds. The van der Waals surface area contributed by atoms with Crippen molar-refractivity contribution >= 4 is 0 Å². The van der Waals surface area contributed by atoms with Crippen molar-refractivity contribution in [3.8, 4) is 5.75 Å². The average Bonchev–Trinajstić information content (AvgIpc) is 2.41. The van der Waals surface area contributed by atoms with Gasteiger partial charge in [-0.1, -0.05) is 0 Å². The minimum absolute atomic E-state index is 0.0132. The van der Waals surface area contributed by atoms with E-state index in [2.05, 4.69) is 4.74 Å². The van der Waals surface area contributed by atoms with E-state index in [0.717, 1.165) is 6.92 Å². The molecule has 19 heavy (non-hydrogen) atoms. The third-order valence-corrected chi connectivity index (χ3v) is 2.35. The predicted molar refractivity (Wildman–Crippen MR) is 59.2 cm³/mol. The lowest BCUT2D eigenvalue weighted by molar-refractivity contribution is 0.0527. The van der Waals surface area contributed by atoms with Crippen LogP contribution in [-0.2, 0) is 9.47 Å². The molecule has 3 nitrogen and oxygen atoms in total. The molecule has 0 aliphatic heterocycles. The minimum Gasteiger partial charge on any atom is -0.485 e. The first kappa shape index (κ1) is 15.7. The fraction of sp³-hybridized carbons (Fsp3) is 0.500. The highest BCUT2D eigenvalue weighted by Gasteiger charge is 2.24. The van der Waals surface area contributed by atoms with Crippen LogP contribution in [0.25, 0.3) is 0 Å². The van der Waals surface area contributed by atoms with E-state index in [4.69, 9.17) is 9.47 Å². The monoisotopic (exact) mass is 282 g/mol. The summed E-state index contributed by atoms with van der Waals surface area (Å²) in [6.07, 6.45) is 0. The number of hydrogen-bond donors (Lipinski definition) is 0. The van der Waals surface area contributed by atoms with Crippen molar-refractivity contribution in [2.24, 2.45) is 0 Å². The van der Waals surface area contributed by atoms with Gasteiger partial charge in [0.1, 0.15) is 6.61 Å². The van der Waals surface area contributed by atoms with Crippen LogP contribution in [0, 0.1) is 30.2 Å². The maximum atomic E-state index is 13.4. The smallest absolute Gasteiger partial charge is 0.204 e. The molecule has 0 heterocycles. The van der Waals surface area contributed by atoms with Gasteiger partial charge in [0.2, 0.25) is 11.6 Å². The third kappa shape index (κ3) is 3.81. The quantitative estimate of drug-likeness (QED) is 0.437. The zero-order chi connectivity index (χ0) is 14.4. The second-order valence-electron chi connectivity index (χ2n) is 3.66. The van der Waals surface area contributed by atoms with Crippen LogP contribution in [0.2, 0.25) is 0 Å². The Morgan fingerprint density at radius 3 is 1.84 bits per heavy atom. The number of benzene rings is 1. The Bertz CT molecular complexity index is 408. The summed E-state index contributed by atoms with van der Waals surface area (Å²) in [6, 6.07) is 0. The molecule has 0 bridgehead atoms. The van der Waals surface area contributed by atoms with Gasteiger partial charge >= 0.3 is 0 Å². The lowest BCUT2D eigenvalue weighted by Gasteiger charge is -2.11. The largest absolute Gasteiger partial charge is 0.485 e. The van der Waals surface area contributed by atoms with E-state index >= 15 is 0 Å². The second-order valence-corrected chi connectivity index (χ2v) is 3.66. The maximum Gasteiger partial charge on any atom is 0.204 e. The van der Waals surface area contributed by atoms with E-state index in [1.54, 1.807) is 0 Å². The van der Waals surface area contributed by atoms with Crippen LogP contribution in [0.1, 0.15) is 5.56 Å². The Balaban J connectivity index is 2.64. The lowest BCUT2D eigenvalue weighted by Crippen LogP contribution is -2.13. The molecule has 0 radical (unpaired) electrons. The minimum atomic E-state index is -1.55. The van der Waals surface area contributed by atoms with Crippen LogP contribution in [-0.4, -0.2) is 33.5 Å². The Labute approximate surface area is 108 Å². The number of hydrogen-bond acceptors (Lipinski definition) is 3. The fourth-order valence-electron chi connectivity index (χ4n) is 1.29. The summed E-state index contributed by atoms with van der Waals surface area (Å²) in [5.41, 5.74) is -0.723. The molecule has 0 aromatic heterocycles. The lowest BCUT2D eigenvalue weighted by atomic mass is 10.2. The van der Waals surface area contributed by atoms with Gasteiger partial charge in [-0.2, -0.15) is 8.78 Å². The van der Waals surface area contributed by atoms with Crippen LogP contribution < -0.4 is 4.74 Å². The van der Waals surface area contributed by atoms with Gasteiger partial charge in [-0.3, -0.25) is 0 Å². The Morgan fingerprint density at radius 2 is 1.32 bits per heavy atom. The summed E-state index contributed by atoms with van der Waals surface area (Å²) in [7, 11) is 1.49. The van der Waals surface area contributed by atoms with Crippen LogP contribution in [0.4, 0.5) is 17.6 Å². The van der Waals surface area contributed by atoms with Crippen molar-refractivity contribution in [2.75, 3.05) is 33.5 Å². The van der Waals surface area contributed by atoms with Crippen molar-refractivity contribution in [2.45, 2.75) is 6.92 Å². The highest BCUT2D eigenvalue weighted by molar-refractivity contribution is 5.33. The highest BCUT2D eigenvalue weighted by atomic mass is 19.2. The topological polar surface area (TPSA) is 27.7 Å². The summed E-state index contributed by atoms with van der Waals surface area (Å²) >= 11 is 0. The zero-order valence-electron chi connectivity index (χ0n) is 10.6. The summed E-state index contributed by atoms with van der Waals surface area (Å²) in [6.45, 7) is 1.35. The van der Waals surface area contributed by atoms with E-state index < -0.39 is 34.6 Å². The molecule has 1 rings (SSSR count). The number of rotatable bonds is 7. The van der Waals surface area contributed by atoms with Crippen LogP contribution >= 0.6 is 0 Å². The highest BCUT2D eigenvalue weighted by Crippen LogP contribution is 2.29.